The molecule has 21 heavy (non-hydrogen) atoms. The third-order valence-corrected chi connectivity index (χ3v) is 4.43. The van der Waals surface area contributed by atoms with Gasteiger partial charge in [0.15, 0.2) is 0 Å². The van der Waals surface area contributed by atoms with Crippen molar-refractivity contribution in [1.29, 1.82) is 0 Å². The summed E-state index contributed by atoms with van der Waals surface area (Å²) in [4.78, 5) is 12.9. The monoisotopic (exact) mass is 288 g/mol. The van der Waals surface area contributed by atoms with Gasteiger partial charge in [0.25, 0.3) is 5.69 Å². The van der Waals surface area contributed by atoms with Crippen LogP contribution in [0.15, 0.2) is 24.4 Å². The zero-order valence-corrected chi connectivity index (χ0v) is 12.2. The van der Waals surface area contributed by atoms with Crippen LogP contribution in [0.3, 0.4) is 0 Å². The topological polar surface area (TPSA) is 64.2 Å². The van der Waals surface area contributed by atoms with Crippen LogP contribution in [0.5, 0.6) is 0 Å². The molecule has 0 unspecified atom stereocenters. The maximum Gasteiger partial charge on any atom is 0.271 e. The summed E-state index contributed by atoms with van der Waals surface area (Å²) in [6, 6.07) is 4.93. The molecule has 0 N–H and O–H groups in total. The lowest BCUT2D eigenvalue weighted by Gasteiger charge is -2.28. The molecule has 0 bridgehead atoms. The van der Waals surface area contributed by atoms with Gasteiger partial charge in [-0.15, -0.1) is 0 Å². The molecule has 1 fully saturated rings. The molecule has 0 spiro atoms. The summed E-state index contributed by atoms with van der Waals surface area (Å²) >= 11 is 0. The number of benzene rings is 1. The van der Waals surface area contributed by atoms with Gasteiger partial charge in [-0.3, -0.25) is 14.8 Å². The number of nitro benzene ring substituents is 1. The average Bonchev–Trinajstić information content (AvgIpc) is 2.89. The van der Waals surface area contributed by atoms with Crippen LogP contribution in [0, 0.1) is 16.0 Å². The van der Waals surface area contributed by atoms with Crippen LogP contribution < -0.4 is 0 Å². The Morgan fingerprint density at radius 2 is 2.14 bits per heavy atom. The molecule has 112 valence electrons. The second-order valence-corrected chi connectivity index (χ2v) is 5.90. The minimum Gasteiger partial charge on any atom is -0.306 e. The Balaban J connectivity index is 1.71. The fourth-order valence-electron chi connectivity index (χ4n) is 3.01. The summed E-state index contributed by atoms with van der Waals surface area (Å²) in [7, 11) is 2.16. The Morgan fingerprint density at radius 3 is 2.86 bits per heavy atom. The van der Waals surface area contributed by atoms with E-state index in [1.54, 1.807) is 18.3 Å². The van der Waals surface area contributed by atoms with Gasteiger partial charge in [-0.05, 0) is 51.4 Å². The third kappa shape index (κ3) is 3.05. The van der Waals surface area contributed by atoms with Gasteiger partial charge in [0.1, 0.15) is 0 Å². The molecule has 2 aromatic rings. The van der Waals surface area contributed by atoms with Crippen molar-refractivity contribution in [2.24, 2.45) is 5.92 Å². The smallest absolute Gasteiger partial charge is 0.271 e. The Kier molecular flexibility index (Phi) is 3.88. The highest BCUT2D eigenvalue weighted by Gasteiger charge is 2.17. The van der Waals surface area contributed by atoms with Gasteiger partial charge in [0, 0.05) is 24.1 Å². The molecule has 0 atom stereocenters. The predicted octanol–water partition coefficient (Wildman–Crippen LogP) is 2.68. The summed E-state index contributed by atoms with van der Waals surface area (Å²) in [5.41, 5.74) is 0.987. The zero-order valence-electron chi connectivity index (χ0n) is 12.2. The van der Waals surface area contributed by atoms with Crippen LogP contribution in [0.4, 0.5) is 5.69 Å². The summed E-state index contributed by atoms with van der Waals surface area (Å²) in [5.74, 6) is 0.735. The van der Waals surface area contributed by atoms with E-state index in [1.807, 2.05) is 4.68 Å². The number of non-ortho nitro benzene ring substituents is 1. The lowest BCUT2D eigenvalue weighted by molar-refractivity contribution is -0.384. The molecule has 1 aliphatic rings. The molecule has 0 amide bonds. The second-order valence-electron chi connectivity index (χ2n) is 5.90. The Labute approximate surface area is 123 Å². The van der Waals surface area contributed by atoms with Crippen molar-refractivity contribution in [3.8, 4) is 0 Å². The fourth-order valence-corrected chi connectivity index (χ4v) is 3.01. The highest BCUT2D eigenvalue weighted by atomic mass is 16.6. The quantitative estimate of drug-likeness (QED) is 0.641. The Hall–Kier alpha value is -1.95. The van der Waals surface area contributed by atoms with Crippen LogP contribution in [0.1, 0.15) is 19.3 Å². The summed E-state index contributed by atoms with van der Waals surface area (Å²) in [6.07, 6.45) is 5.34. The first-order valence-corrected chi connectivity index (χ1v) is 7.42. The van der Waals surface area contributed by atoms with Crippen molar-refractivity contribution in [2.45, 2.75) is 25.8 Å². The summed E-state index contributed by atoms with van der Waals surface area (Å²) in [6.45, 7) is 3.16. The predicted molar refractivity (Wildman–Crippen MR) is 81.2 cm³/mol. The summed E-state index contributed by atoms with van der Waals surface area (Å²) in [5, 5.41) is 16.2. The zero-order chi connectivity index (χ0) is 14.8. The number of hydrogen-bond acceptors (Lipinski definition) is 4. The Morgan fingerprint density at radius 1 is 1.38 bits per heavy atom. The first-order chi connectivity index (χ1) is 10.1. The largest absolute Gasteiger partial charge is 0.306 e. The first-order valence-electron chi connectivity index (χ1n) is 7.42. The van der Waals surface area contributed by atoms with Crippen molar-refractivity contribution < 1.29 is 4.92 Å². The van der Waals surface area contributed by atoms with Gasteiger partial charge in [-0.25, -0.2) is 0 Å². The first kappa shape index (κ1) is 14.0. The van der Waals surface area contributed by atoms with Gasteiger partial charge in [0.05, 0.1) is 16.6 Å². The van der Waals surface area contributed by atoms with E-state index < -0.39 is 0 Å². The number of piperidine rings is 1. The van der Waals surface area contributed by atoms with Crippen LogP contribution in [-0.4, -0.2) is 39.7 Å². The number of nitrogens with zero attached hydrogens (tertiary/aromatic N) is 4. The van der Waals surface area contributed by atoms with Crippen molar-refractivity contribution in [3.05, 3.63) is 34.5 Å². The molecule has 0 radical (unpaired) electrons. The van der Waals surface area contributed by atoms with Gasteiger partial charge < -0.3 is 4.90 Å². The number of likely N-dealkylation sites (tertiary alicyclic amines) is 1. The molecule has 6 heteroatoms. The fraction of sp³-hybridized carbons (Fsp3) is 0.533. The highest BCUT2D eigenvalue weighted by molar-refractivity contribution is 5.80. The molecule has 1 aliphatic heterocycles. The molecular formula is C15H20N4O2. The maximum absolute atomic E-state index is 10.9. The molecule has 0 saturated carbocycles. The van der Waals surface area contributed by atoms with Gasteiger partial charge in [-0.1, -0.05) is 0 Å². The van der Waals surface area contributed by atoms with Gasteiger partial charge in [0.2, 0.25) is 0 Å². The van der Waals surface area contributed by atoms with E-state index in [9.17, 15) is 10.1 Å². The van der Waals surface area contributed by atoms with E-state index >= 15 is 0 Å². The van der Waals surface area contributed by atoms with Gasteiger partial charge >= 0.3 is 0 Å². The lowest BCUT2D eigenvalue weighted by atomic mass is 9.94. The lowest BCUT2D eigenvalue weighted by Crippen LogP contribution is -2.30. The van der Waals surface area contributed by atoms with Crippen molar-refractivity contribution >= 4 is 16.6 Å². The third-order valence-electron chi connectivity index (χ3n) is 4.43. The molecule has 6 nitrogen and oxygen atoms in total. The minimum absolute atomic E-state index is 0.128. The number of nitro groups is 1. The Bertz CT molecular complexity index is 644. The number of hydrogen-bond donors (Lipinski definition) is 0. The molecule has 1 saturated heterocycles. The molecular weight excluding hydrogens is 268 g/mol. The van der Waals surface area contributed by atoms with Crippen molar-refractivity contribution in [3.63, 3.8) is 0 Å². The van der Waals surface area contributed by atoms with E-state index in [-0.39, 0.29) is 10.6 Å². The normalized spacial score (nSPS) is 17.4. The molecule has 3 rings (SSSR count). The molecule has 1 aromatic heterocycles. The van der Waals surface area contributed by atoms with E-state index in [2.05, 4.69) is 17.0 Å². The van der Waals surface area contributed by atoms with E-state index in [1.165, 1.54) is 18.9 Å². The number of aromatic nitrogens is 2. The standard InChI is InChI=1S/C15H20N4O2/c1-17-7-4-12(5-8-17)6-9-18-15-10-14(19(20)21)3-2-13(15)11-16-18/h2-3,10-12H,4-9H2,1H3. The number of fused-ring (bicyclic) bond motifs is 1. The SMILES string of the molecule is CN1CCC(CCn2ncc3ccc([N+](=O)[O-])cc32)CC1. The number of aryl methyl sites for hydroxylation is 1. The second kappa shape index (κ2) is 5.81. The highest BCUT2D eigenvalue weighted by Crippen LogP contribution is 2.23. The van der Waals surface area contributed by atoms with Crippen LogP contribution in [-0.2, 0) is 6.54 Å². The van der Waals surface area contributed by atoms with Crippen LogP contribution in [0.25, 0.3) is 10.9 Å². The number of rotatable bonds is 4. The average molecular weight is 288 g/mol. The van der Waals surface area contributed by atoms with Crippen molar-refractivity contribution in [2.75, 3.05) is 20.1 Å². The minimum atomic E-state index is -0.353. The molecule has 0 aliphatic carbocycles. The van der Waals surface area contributed by atoms with Gasteiger partial charge in [-0.2, -0.15) is 5.10 Å². The summed E-state index contributed by atoms with van der Waals surface area (Å²) < 4.78 is 1.90. The molecule has 2 heterocycles. The van der Waals surface area contributed by atoms with Crippen LogP contribution in [0.2, 0.25) is 0 Å². The van der Waals surface area contributed by atoms with Crippen LogP contribution >= 0.6 is 0 Å². The maximum atomic E-state index is 10.9. The molecule has 1 aromatic carbocycles. The van der Waals surface area contributed by atoms with Crippen molar-refractivity contribution in [1.82, 2.24) is 14.7 Å². The van der Waals surface area contributed by atoms with E-state index in [0.717, 1.165) is 42.9 Å². The van der Waals surface area contributed by atoms with E-state index in [4.69, 9.17) is 0 Å². The van der Waals surface area contributed by atoms with E-state index in [0.29, 0.717) is 0 Å².